The Kier molecular flexibility index (Phi) is 5.40. The van der Waals surface area contributed by atoms with E-state index in [1.165, 1.54) is 0 Å². The maximum absolute atomic E-state index is 10.9. The summed E-state index contributed by atoms with van der Waals surface area (Å²) >= 11 is 1.55. The summed E-state index contributed by atoms with van der Waals surface area (Å²) in [6, 6.07) is 3.84. The monoisotopic (exact) mass is 239 g/mol. The number of carbonyl (C=O) groups excluding carboxylic acids is 1. The lowest BCUT2D eigenvalue weighted by molar-refractivity contribution is 0.0317. The Labute approximate surface area is 98.5 Å². The minimum absolute atomic E-state index is 0.130. The molecule has 1 rings (SSSR count). The van der Waals surface area contributed by atoms with Gasteiger partial charge in [0.05, 0.1) is 11.0 Å². The zero-order valence-corrected chi connectivity index (χ0v) is 9.97. The molecular weight excluding hydrogens is 226 g/mol. The molecular formula is C11H13NO3S. The van der Waals surface area contributed by atoms with Gasteiger partial charge >= 0.3 is 6.09 Å². The maximum Gasteiger partial charge on any atom is 0.431 e. The normalized spacial score (nSPS) is 9.44. The van der Waals surface area contributed by atoms with Crippen LogP contribution < -0.4 is 5.48 Å². The molecule has 1 amide bonds. The van der Waals surface area contributed by atoms with E-state index < -0.39 is 6.09 Å². The highest BCUT2D eigenvalue weighted by atomic mass is 32.1. The molecule has 0 aliphatic carbocycles. The average molecular weight is 239 g/mol. The number of thiophene rings is 1. The lowest BCUT2D eigenvalue weighted by Gasteiger charge is -2.07. The predicted molar refractivity (Wildman–Crippen MR) is 61.9 cm³/mol. The molecule has 5 heteroatoms. The van der Waals surface area contributed by atoms with Crippen molar-refractivity contribution in [2.45, 2.75) is 20.0 Å². The fourth-order valence-corrected chi connectivity index (χ4v) is 1.43. The smallest absolute Gasteiger partial charge is 0.431 e. The summed E-state index contributed by atoms with van der Waals surface area (Å²) in [4.78, 5) is 16.7. The molecule has 1 aromatic rings. The highest BCUT2D eigenvalue weighted by molar-refractivity contribution is 7.10. The third-order valence-corrected chi connectivity index (χ3v) is 2.16. The standard InChI is InChI=1S/C11H13NO3S/c1-9(2)15-11(13)12-14-7-3-5-10-6-4-8-16-10/h4,6,8-9H,7H2,1-2H3,(H,12,13). The zero-order valence-electron chi connectivity index (χ0n) is 9.15. The van der Waals surface area contributed by atoms with Crippen molar-refractivity contribution in [2.24, 2.45) is 0 Å². The molecule has 0 aromatic carbocycles. The summed E-state index contributed by atoms with van der Waals surface area (Å²) in [5.74, 6) is 5.65. The van der Waals surface area contributed by atoms with E-state index in [0.717, 1.165) is 4.88 Å². The van der Waals surface area contributed by atoms with Gasteiger partial charge in [0, 0.05) is 0 Å². The lowest BCUT2D eigenvalue weighted by atomic mass is 10.5. The fraction of sp³-hybridized carbons (Fsp3) is 0.364. The molecule has 0 atom stereocenters. The SMILES string of the molecule is CC(C)OC(=O)NOCC#Cc1cccs1. The van der Waals surface area contributed by atoms with Crippen LogP contribution in [0.4, 0.5) is 4.79 Å². The first kappa shape index (κ1) is 12.6. The number of hydrogen-bond donors (Lipinski definition) is 1. The summed E-state index contributed by atoms with van der Waals surface area (Å²) in [5.41, 5.74) is 2.13. The third-order valence-electron chi connectivity index (χ3n) is 1.38. The van der Waals surface area contributed by atoms with Crippen molar-refractivity contribution < 1.29 is 14.4 Å². The fourth-order valence-electron chi connectivity index (χ4n) is 0.842. The first-order valence-electron chi connectivity index (χ1n) is 4.79. The van der Waals surface area contributed by atoms with E-state index >= 15 is 0 Å². The number of hydrogen-bond acceptors (Lipinski definition) is 4. The van der Waals surface area contributed by atoms with Crippen LogP contribution in [0.25, 0.3) is 0 Å². The highest BCUT2D eigenvalue weighted by Gasteiger charge is 2.02. The first-order valence-corrected chi connectivity index (χ1v) is 5.67. The van der Waals surface area contributed by atoms with Crippen molar-refractivity contribution in [3.05, 3.63) is 22.4 Å². The molecule has 0 spiro atoms. The van der Waals surface area contributed by atoms with Crippen LogP contribution in [-0.4, -0.2) is 18.8 Å². The zero-order chi connectivity index (χ0) is 11.8. The largest absolute Gasteiger partial charge is 0.445 e. The van der Waals surface area contributed by atoms with Gasteiger partial charge in [0.15, 0.2) is 0 Å². The Bertz CT molecular complexity index is 376. The summed E-state index contributed by atoms with van der Waals surface area (Å²) in [5, 5.41) is 1.95. The van der Waals surface area contributed by atoms with E-state index in [2.05, 4.69) is 17.3 Å². The van der Waals surface area contributed by atoms with Crippen molar-refractivity contribution in [1.82, 2.24) is 5.48 Å². The van der Waals surface area contributed by atoms with Crippen LogP contribution in [0.5, 0.6) is 0 Å². The van der Waals surface area contributed by atoms with Gasteiger partial charge in [0.2, 0.25) is 0 Å². The number of rotatable bonds is 3. The van der Waals surface area contributed by atoms with Crippen LogP contribution in [0.15, 0.2) is 17.5 Å². The molecule has 1 heterocycles. The molecule has 86 valence electrons. The van der Waals surface area contributed by atoms with E-state index in [1.54, 1.807) is 25.2 Å². The van der Waals surface area contributed by atoms with Crippen LogP contribution in [0.2, 0.25) is 0 Å². The first-order chi connectivity index (χ1) is 7.68. The van der Waals surface area contributed by atoms with Gasteiger partial charge in [-0.2, -0.15) is 5.48 Å². The second-order valence-corrected chi connectivity index (χ2v) is 4.07. The van der Waals surface area contributed by atoms with Crippen LogP contribution in [0.3, 0.4) is 0 Å². The second kappa shape index (κ2) is 6.88. The van der Waals surface area contributed by atoms with Gasteiger partial charge in [-0.3, -0.25) is 4.84 Å². The summed E-state index contributed by atoms with van der Waals surface area (Å²) in [7, 11) is 0. The quantitative estimate of drug-likeness (QED) is 0.499. The number of amides is 1. The van der Waals surface area contributed by atoms with Gasteiger partial charge in [-0.1, -0.05) is 17.9 Å². The topological polar surface area (TPSA) is 47.6 Å². The van der Waals surface area contributed by atoms with E-state index in [1.807, 2.05) is 17.5 Å². The minimum Gasteiger partial charge on any atom is -0.445 e. The number of ether oxygens (including phenoxy) is 1. The molecule has 0 bridgehead atoms. The predicted octanol–water partition coefficient (Wildman–Crippen LogP) is 2.17. The van der Waals surface area contributed by atoms with Crippen molar-refractivity contribution >= 4 is 17.4 Å². The van der Waals surface area contributed by atoms with Gasteiger partial charge in [0.1, 0.15) is 6.61 Å². The molecule has 0 saturated heterocycles. The van der Waals surface area contributed by atoms with E-state index in [0.29, 0.717) is 0 Å². The molecule has 0 aliphatic rings. The van der Waals surface area contributed by atoms with E-state index in [9.17, 15) is 4.79 Å². The maximum atomic E-state index is 10.9. The van der Waals surface area contributed by atoms with E-state index in [4.69, 9.17) is 9.57 Å². The van der Waals surface area contributed by atoms with Gasteiger partial charge in [-0.05, 0) is 25.3 Å². The lowest BCUT2D eigenvalue weighted by Crippen LogP contribution is -2.27. The van der Waals surface area contributed by atoms with E-state index in [-0.39, 0.29) is 12.7 Å². The summed E-state index contributed by atoms with van der Waals surface area (Å²) < 4.78 is 4.78. The van der Waals surface area contributed by atoms with Crippen molar-refractivity contribution in [3.63, 3.8) is 0 Å². The molecule has 0 saturated carbocycles. The molecule has 0 fully saturated rings. The van der Waals surface area contributed by atoms with Crippen molar-refractivity contribution in [2.75, 3.05) is 6.61 Å². The Morgan fingerprint density at radius 2 is 2.44 bits per heavy atom. The number of carbonyl (C=O) groups is 1. The Balaban J connectivity index is 2.14. The molecule has 16 heavy (non-hydrogen) atoms. The molecule has 1 aromatic heterocycles. The number of nitrogens with one attached hydrogen (secondary N) is 1. The second-order valence-electron chi connectivity index (χ2n) is 3.12. The highest BCUT2D eigenvalue weighted by Crippen LogP contribution is 2.05. The summed E-state index contributed by atoms with van der Waals surface area (Å²) in [6.45, 7) is 3.65. The molecule has 0 radical (unpaired) electrons. The molecule has 0 aliphatic heterocycles. The van der Waals surface area contributed by atoms with Crippen LogP contribution in [0.1, 0.15) is 18.7 Å². The van der Waals surface area contributed by atoms with Crippen molar-refractivity contribution in [1.29, 1.82) is 0 Å². The van der Waals surface area contributed by atoms with Gasteiger partial charge < -0.3 is 4.74 Å². The Morgan fingerprint density at radius 1 is 1.62 bits per heavy atom. The van der Waals surface area contributed by atoms with Crippen LogP contribution in [0, 0.1) is 11.8 Å². The average Bonchev–Trinajstić information content (AvgIpc) is 2.68. The Hall–Kier alpha value is -1.51. The summed E-state index contributed by atoms with van der Waals surface area (Å²) in [6.07, 6.45) is -0.770. The van der Waals surface area contributed by atoms with Gasteiger partial charge in [0.25, 0.3) is 0 Å². The molecule has 0 unspecified atom stereocenters. The van der Waals surface area contributed by atoms with Crippen LogP contribution in [-0.2, 0) is 9.57 Å². The third kappa shape index (κ3) is 5.39. The van der Waals surface area contributed by atoms with Gasteiger partial charge in [-0.25, -0.2) is 4.79 Å². The van der Waals surface area contributed by atoms with Crippen LogP contribution >= 0.6 is 11.3 Å². The minimum atomic E-state index is -0.604. The Morgan fingerprint density at radius 3 is 3.06 bits per heavy atom. The van der Waals surface area contributed by atoms with Gasteiger partial charge in [-0.15, -0.1) is 11.3 Å². The molecule has 4 nitrogen and oxygen atoms in total. The number of hydroxylamine groups is 1. The van der Waals surface area contributed by atoms with Crippen molar-refractivity contribution in [3.8, 4) is 11.8 Å². The molecule has 1 N–H and O–H groups in total.